The molecule has 0 unspecified atom stereocenters. The Hall–Kier alpha value is -2.84. The number of aliphatic hydroxyl groups is 1. The summed E-state index contributed by atoms with van der Waals surface area (Å²) in [6, 6.07) is 10.4. The van der Waals surface area contributed by atoms with Crippen molar-refractivity contribution in [3.8, 4) is 11.1 Å². The molecule has 4 heterocycles. The van der Waals surface area contributed by atoms with E-state index in [4.69, 9.17) is 9.72 Å². The number of urea groups is 1. The Kier molecular flexibility index (Phi) is 6.84. The quantitative estimate of drug-likeness (QED) is 0.680. The molecule has 0 saturated carbocycles. The van der Waals surface area contributed by atoms with Crippen molar-refractivity contribution >= 4 is 23.4 Å². The minimum absolute atomic E-state index is 0.0245. The number of amides is 2. The van der Waals surface area contributed by atoms with E-state index in [0.717, 1.165) is 73.0 Å². The summed E-state index contributed by atoms with van der Waals surface area (Å²) in [5, 5.41) is 13.2. The Morgan fingerprint density at radius 3 is 2.60 bits per heavy atom. The summed E-state index contributed by atoms with van der Waals surface area (Å²) >= 11 is 0. The highest BCUT2D eigenvalue weighted by atomic mass is 16.5. The number of anilines is 3. The Morgan fingerprint density at radius 2 is 1.91 bits per heavy atom. The number of aliphatic hydroxyl groups excluding tert-OH is 1. The number of nitrogens with zero attached hydrogens (tertiary/aromatic N) is 4. The standard InChI is InChI=1S/C27H37N5O3/c1-4-20-7-8-31(16-20)27(34)28-22-6-5-18(2)23(15-22)21-13-25(30-9-11-35-12-10-30)29-26(14-21)32-17-24(33)19(32)3/h5-6,13-15,19-20,24,33H,4,7-12,16-17H2,1-3H3,(H,28,34)/t19-,20+,24-/m0/s1. The molecule has 3 saturated heterocycles. The number of ether oxygens (including phenoxy) is 1. The van der Waals surface area contributed by atoms with Crippen molar-refractivity contribution in [3.05, 3.63) is 35.9 Å². The molecule has 2 N–H and O–H groups in total. The van der Waals surface area contributed by atoms with Crippen LogP contribution in [0, 0.1) is 12.8 Å². The normalized spacial score (nSPS) is 24.5. The lowest BCUT2D eigenvalue weighted by atomic mass is 9.98. The Morgan fingerprint density at radius 1 is 1.14 bits per heavy atom. The van der Waals surface area contributed by atoms with Crippen molar-refractivity contribution < 1.29 is 14.6 Å². The van der Waals surface area contributed by atoms with Crippen LogP contribution in [0.2, 0.25) is 0 Å². The van der Waals surface area contributed by atoms with E-state index in [1.165, 1.54) is 0 Å². The number of β-amino-alcohol motifs (C(OH)–C–C–N with tert-alkyl or cyclic N) is 1. The van der Waals surface area contributed by atoms with Gasteiger partial charge in [0.1, 0.15) is 11.6 Å². The van der Waals surface area contributed by atoms with Crippen molar-refractivity contribution in [1.29, 1.82) is 0 Å². The monoisotopic (exact) mass is 479 g/mol. The van der Waals surface area contributed by atoms with Gasteiger partial charge in [-0.15, -0.1) is 0 Å². The first-order chi connectivity index (χ1) is 16.9. The molecule has 3 atom stereocenters. The topological polar surface area (TPSA) is 81.2 Å². The van der Waals surface area contributed by atoms with E-state index in [1.54, 1.807) is 0 Å². The third-order valence-corrected chi connectivity index (χ3v) is 7.81. The van der Waals surface area contributed by atoms with E-state index in [1.807, 2.05) is 17.9 Å². The Balaban J connectivity index is 1.44. The third-order valence-electron chi connectivity index (χ3n) is 7.81. The fourth-order valence-electron chi connectivity index (χ4n) is 5.21. The first kappa shape index (κ1) is 23.9. The molecule has 0 spiro atoms. The fourth-order valence-corrected chi connectivity index (χ4v) is 5.21. The number of aromatic nitrogens is 1. The van der Waals surface area contributed by atoms with E-state index < -0.39 is 0 Å². The molecule has 5 rings (SSSR count). The van der Waals surface area contributed by atoms with Crippen LogP contribution in [-0.4, -0.2) is 79.1 Å². The maximum absolute atomic E-state index is 12.9. The number of likely N-dealkylation sites (tertiary alicyclic amines) is 1. The van der Waals surface area contributed by atoms with Crippen molar-refractivity contribution in [2.24, 2.45) is 5.92 Å². The summed E-state index contributed by atoms with van der Waals surface area (Å²) in [7, 11) is 0. The van der Waals surface area contributed by atoms with Gasteiger partial charge < -0.3 is 29.9 Å². The third kappa shape index (κ3) is 4.95. The molecule has 2 amide bonds. The van der Waals surface area contributed by atoms with E-state index in [-0.39, 0.29) is 18.2 Å². The zero-order valence-corrected chi connectivity index (χ0v) is 21.0. The number of pyridine rings is 1. The molecule has 1 aromatic carbocycles. The van der Waals surface area contributed by atoms with Crippen molar-refractivity contribution in [1.82, 2.24) is 9.88 Å². The lowest BCUT2D eigenvalue weighted by Gasteiger charge is -2.44. The number of morpholine rings is 1. The molecule has 188 valence electrons. The lowest BCUT2D eigenvalue weighted by molar-refractivity contribution is 0.0987. The molecule has 3 aliphatic rings. The van der Waals surface area contributed by atoms with Gasteiger partial charge in [-0.05, 0) is 67.1 Å². The van der Waals surface area contributed by atoms with Gasteiger partial charge in [-0.1, -0.05) is 19.4 Å². The van der Waals surface area contributed by atoms with Crippen LogP contribution in [0.25, 0.3) is 11.1 Å². The predicted molar refractivity (Wildman–Crippen MR) is 139 cm³/mol. The van der Waals surface area contributed by atoms with Crippen LogP contribution in [0.4, 0.5) is 22.1 Å². The second kappa shape index (κ2) is 10.0. The van der Waals surface area contributed by atoms with Crippen LogP contribution >= 0.6 is 0 Å². The molecule has 0 bridgehead atoms. The van der Waals surface area contributed by atoms with Crippen LogP contribution in [0.15, 0.2) is 30.3 Å². The number of nitrogens with one attached hydrogen (secondary N) is 1. The number of carbonyl (C=O) groups excluding carboxylic acids is 1. The minimum atomic E-state index is -0.328. The summed E-state index contributed by atoms with van der Waals surface area (Å²) in [5.41, 5.74) is 4.07. The summed E-state index contributed by atoms with van der Waals surface area (Å²) in [5.74, 6) is 2.40. The number of rotatable bonds is 5. The molecule has 1 aromatic heterocycles. The first-order valence-electron chi connectivity index (χ1n) is 12.9. The van der Waals surface area contributed by atoms with Crippen molar-refractivity contribution in [2.75, 3.05) is 61.1 Å². The van der Waals surface area contributed by atoms with Crippen LogP contribution in [0.5, 0.6) is 0 Å². The molecule has 8 nitrogen and oxygen atoms in total. The van der Waals surface area contributed by atoms with Gasteiger partial charge in [-0.25, -0.2) is 9.78 Å². The number of aryl methyl sites for hydroxylation is 1. The van der Waals surface area contributed by atoms with Crippen LogP contribution < -0.4 is 15.1 Å². The highest BCUT2D eigenvalue weighted by Gasteiger charge is 2.35. The summed E-state index contributed by atoms with van der Waals surface area (Å²) in [6.45, 7) is 11.5. The van der Waals surface area contributed by atoms with Gasteiger partial charge in [0.15, 0.2) is 0 Å². The second-order valence-corrected chi connectivity index (χ2v) is 10.1. The number of hydrogen-bond acceptors (Lipinski definition) is 6. The minimum Gasteiger partial charge on any atom is -0.389 e. The van der Waals surface area contributed by atoms with Crippen LogP contribution in [0.1, 0.15) is 32.3 Å². The van der Waals surface area contributed by atoms with E-state index in [9.17, 15) is 9.90 Å². The van der Waals surface area contributed by atoms with Crippen molar-refractivity contribution in [3.63, 3.8) is 0 Å². The summed E-state index contributed by atoms with van der Waals surface area (Å²) in [6.07, 6.45) is 1.86. The molecule has 35 heavy (non-hydrogen) atoms. The smallest absolute Gasteiger partial charge is 0.321 e. The molecule has 3 aliphatic heterocycles. The molecule has 0 aliphatic carbocycles. The van der Waals surface area contributed by atoms with Gasteiger partial charge in [0.05, 0.1) is 25.4 Å². The maximum Gasteiger partial charge on any atom is 0.321 e. The highest BCUT2D eigenvalue weighted by Crippen LogP contribution is 2.35. The average Bonchev–Trinajstić information content (AvgIpc) is 3.38. The fraction of sp³-hybridized carbons (Fsp3) is 0.556. The van der Waals surface area contributed by atoms with Gasteiger partial charge in [0.25, 0.3) is 0 Å². The predicted octanol–water partition coefficient (Wildman–Crippen LogP) is 3.73. The second-order valence-electron chi connectivity index (χ2n) is 10.1. The van der Waals surface area contributed by atoms with Gasteiger partial charge in [-0.3, -0.25) is 0 Å². The van der Waals surface area contributed by atoms with E-state index in [0.29, 0.717) is 25.7 Å². The average molecular weight is 480 g/mol. The molecule has 3 fully saturated rings. The van der Waals surface area contributed by atoms with Crippen LogP contribution in [0.3, 0.4) is 0 Å². The molecule has 8 heteroatoms. The van der Waals surface area contributed by atoms with Crippen LogP contribution in [-0.2, 0) is 4.74 Å². The van der Waals surface area contributed by atoms with Gasteiger partial charge in [0.2, 0.25) is 0 Å². The maximum atomic E-state index is 12.9. The van der Waals surface area contributed by atoms with Gasteiger partial charge >= 0.3 is 6.03 Å². The lowest BCUT2D eigenvalue weighted by Crippen LogP contribution is -2.59. The number of carbonyl (C=O) groups is 1. The zero-order valence-electron chi connectivity index (χ0n) is 21.0. The largest absolute Gasteiger partial charge is 0.389 e. The zero-order chi connectivity index (χ0) is 24.5. The molecule has 0 radical (unpaired) electrons. The Labute approximate surface area is 207 Å². The van der Waals surface area contributed by atoms with E-state index in [2.05, 4.69) is 53.2 Å². The van der Waals surface area contributed by atoms with Crippen molar-refractivity contribution in [2.45, 2.75) is 45.8 Å². The van der Waals surface area contributed by atoms with Gasteiger partial charge in [0, 0.05) is 38.4 Å². The Bertz CT molecular complexity index is 1050. The number of benzene rings is 1. The van der Waals surface area contributed by atoms with Gasteiger partial charge in [-0.2, -0.15) is 0 Å². The summed E-state index contributed by atoms with van der Waals surface area (Å²) in [4.78, 5) is 24.2. The summed E-state index contributed by atoms with van der Waals surface area (Å²) < 4.78 is 5.55. The van der Waals surface area contributed by atoms with E-state index >= 15 is 0 Å². The SMILES string of the molecule is CC[C@@H]1CCN(C(=O)Nc2ccc(C)c(-c3cc(N4CCOCC4)nc(N4C[C@H](O)[C@@H]4C)c3)c2)C1. The highest BCUT2D eigenvalue weighted by molar-refractivity contribution is 5.91. The molecule has 2 aromatic rings. The first-order valence-corrected chi connectivity index (χ1v) is 12.9. The molecular formula is C27H37N5O3. The number of hydrogen-bond donors (Lipinski definition) is 2. The molecular weight excluding hydrogens is 442 g/mol.